The fraction of sp³-hybridized carbons (Fsp3) is 0.444. The average molecular weight is 367 g/mol. The van der Waals surface area contributed by atoms with E-state index in [-0.39, 0.29) is 17.8 Å². The van der Waals surface area contributed by atoms with Crippen LogP contribution in [-0.2, 0) is 0 Å². The number of rotatable bonds is 3. The molecule has 1 saturated heterocycles. The largest absolute Gasteiger partial charge is 0.474 e. The van der Waals surface area contributed by atoms with Gasteiger partial charge in [0.1, 0.15) is 11.9 Å². The molecule has 0 atom stereocenters. The summed E-state index contributed by atoms with van der Waals surface area (Å²) in [7, 11) is 0. The van der Waals surface area contributed by atoms with E-state index in [9.17, 15) is 4.79 Å². The summed E-state index contributed by atoms with van der Waals surface area (Å²) in [6, 6.07) is 3.66. The molecule has 3 aromatic rings. The van der Waals surface area contributed by atoms with Crippen molar-refractivity contribution < 1.29 is 9.53 Å². The van der Waals surface area contributed by atoms with Crippen LogP contribution in [0.4, 0.5) is 0 Å². The molecule has 27 heavy (non-hydrogen) atoms. The number of carbonyl (C=O) groups is 1. The molecule has 3 aromatic heterocycles. The number of amides is 1. The van der Waals surface area contributed by atoms with Crippen LogP contribution in [-0.4, -0.2) is 59.6 Å². The van der Waals surface area contributed by atoms with Gasteiger partial charge in [-0.15, -0.1) is 5.10 Å². The van der Waals surface area contributed by atoms with E-state index in [0.717, 1.165) is 24.2 Å². The monoisotopic (exact) mass is 367 g/mol. The zero-order valence-corrected chi connectivity index (χ0v) is 15.6. The molecule has 0 spiro atoms. The van der Waals surface area contributed by atoms with E-state index >= 15 is 0 Å². The van der Waals surface area contributed by atoms with Gasteiger partial charge in [0, 0.05) is 49.6 Å². The highest BCUT2D eigenvalue weighted by Gasteiger charge is 2.27. The van der Waals surface area contributed by atoms with Crippen molar-refractivity contribution in [2.24, 2.45) is 0 Å². The number of aromatic nitrogens is 6. The van der Waals surface area contributed by atoms with Crippen LogP contribution in [0.5, 0.6) is 5.88 Å². The quantitative estimate of drug-likeness (QED) is 0.692. The summed E-state index contributed by atoms with van der Waals surface area (Å²) in [5, 5.41) is 4.33. The van der Waals surface area contributed by atoms with Crippen molar-refractivity contribution in [3.05, 3.63) is 41.4 Å². The summed E-state index contributed by atoms with van der Waals surface area (Å²) in [6.45, 7) is 6.83. The van der Waals surface area contributed by atoms with Gasteiger partial charge in [-0.05, 0) is 26.8 Å². The molecule has 1 amide bonds. The lowest BCUT2D eigenvalue weighted by Crippen LogP contribution is -2.42. The minimum absolute atomic E-state index is 0.0314. The van der Waals surface area contributed by atoms with Crippen LogP contribution in [0.1, 0.15) is 40.7 Å². The van der Waals surface area contributed by atoms with Crippen molar-refractivity contribution in [1.29, 1.82) is 0 Å². The van der Waals surface area contributed by atoms with Crippen LogP contribution in [0.2, 0.25) is 0 Å². The molecule has 4 heterocycles. The molecular weight excluding hydrogens is 346 g/mol. The van der Waals surface area contributed by atoms with Gasteiger partial charge in [0.05, 0.1) is 0 Å². The molecule has 0 unspecified atom stereocenters. The van der Waals surface area contributed by atoms with Crippen molar-refractivity contribution in [2.45, 2.75) is 39.7 Å². The Morgan fingerprint density at radius 1 is 1.15 bits per heavy atom. The lowest BCUT2D eigenvalue weighted by atomic mass is 10.1. The first-order chi connectivity index (χ1) is 13.0. The van der Waals surface area contributed by atoms with Gasteiger partial charge in [-0.25, -0.2) is 14.5 Å². The smallest absolute Gasteiger partial charge is 0.293 e. The first-order valence-electron chi connectivity index (χ1n) is 8.96. The summed E-state index contributed by atoms with van der Waals surface area (Å²) in [5.41, 5.74) is 1.75. The highest BCUT2D eigenvalue weighted by molar-refractivity contribution is 5.91. The van der Waals surface area contributed by atoms with Crippen LogP contribution < -0.4 is 4.74 Å². The Kier molecular flexibility index (Phi) is 4.43. The Hall–Kier alpha value is -3.10. The zero-order valence-electron chi connectivity index (χ0n) is 15.6. The van der Waals surface area contributed by atoms with Crippen molar-refractivity contribution >= 4 is 11.7 Å². The van der Waals surface area contributed by atoms with E-state index < -0.39 is 0 Å². The topological polar surface area (TPSA) is 98.4 Å². The highest BCUT2D eigenvalue weighted by atomic mass is 16.5. The minimum Gasteiger partial charge on any atom is -0.474 e. The number of nitrogens with zero attached hydrogens (tertiary/aromatic N) is 7. The van der Waals surface area contributed by atoms with Gasteiger partial charge in [-0.3, -0.25) is 4.79 Å². The Balaban J connectivity index is 1.42. The second-order valence-corrected chi connectivity index (χ2v) is 6.74. The molecule has 0 N–H and O–H groups in total. The molecule has 0 radical (unpaired) electrons. The summed E-state index contributed by atoms with van der Waals surface area (Å²) in [6.07, 6.45) is 3.18. The second-order valence-electron chi connectivity index (χ2n) is 6.74. The van der Waals surface area contributed by atoms with Gasteiger partial charge in [0.15, 0.2) is 0 Å². The SMILES string of the molecule is Cc1cc(C)n2nc(C(=O)N3CCC(Oc4ccnc(C)n4)CC3)nc2n1. The van der Waals surface area contributed by atoms with Crippen LogP contribution in [0.3, 0.4) is 0 Å². The standard InChI is InChI=1S/C18H21N7O2/c1-11-10-12(2)25-18(20-11)22-16(23-25)17(26)24-8-5-14(6-9-24)27-15-4-7-19-13(3)21-15/h4,7,10,14H,5-6,8-9H2,1-3H3. The van der Waals surface area contributed by atoms with Gasteiger partial charge >= 0.3 is 0 Å². The van der Waals surface area contributed by atoms with E-state index in [4.69, 9.17) is 4.74 Å². The molecule has 0 saturated carbocycles. The molecule has 140 valence electrons. The van der Waals surface area contributed by atoms with Gasteiger partial charge in [-0.1, -0.05) is 0 Å². The minimum atomic E-state index is -0.172. The first-order valence-corrected chi connectivity index (χ1v) is 8.96. The van der Waals surface area contributed by atoms with Crippen LogP contribution >= 0.6 is 0 Å². The molecule has 9 heteroatoms. The van der Waals surface area contributed by atoms with Gasteiger partial charge < -0.3 is 9.64 Å². The summed E-state index contributed by atoms with van der Waals surface area (Å²) < 4.78 is 7.52. The van der Waals surface area contributed by atoms with E-state index in [1.165, 1.54) is 0 Å². The Bertz CT molecular complexity index is 993. The number of piperidine rings is 1. The maximum absolute atomic E-state index is 12.8. The predicted molar refractivity (Wildman–Crippen MR) is 96.6 cm³/mol. The third-order valence-corrected chi connectivity index (χ3v) is 4.58. The molecule has 9 nitrogen and oxygen atoms in total. The Morgan fingerprint density at radius 3 is 2.67 bits per heavy atom. The summed E-state index contributed by atoms with van der Waals surface area (Å²) >= 11 is 0. The maximum atomic E-state index is 12.8. The number of hydrogen-bond acceptors (Lipinski definition) is 7. The van der Waals surface area contributed by atoms with Gasteiger partial charge in [-0.2, -0.15) is 9.97 Å². The van der Waals surface area contributed by atoms with Crippen LogP contribution in [0.25, 0.3) is 5.78 Å². The predicted octanol–water partition coefficient (Wildman–Crippen LogP) is 1.52. The van der Waals surface area contributed by atoms with E-state index in [1.54, 1.807) is 21.7 Å². The van der Waals surface area contributed by atoms with Gasteiger partial charge in [0.2, 0.25) is 11.7 Å². The fourth-order valence-electron chi connectivity index (χ4n) is 3.25. The molecule has 1 aliphatic rings. The molecule has 0 aromatic carbocycles. The molecule has 0 bridgehead atoms. The molecule has 4 rings (SSSR count). The zero-order chi connectivity index (χ0) is 19.0. The highest BCUT2D eigenvalue weighted by Crippen LogP contribution is 2.18. The Labute approximate surface area is 156 Å². The van der Waals surface area contributed by atoms with Crippen molar-refractivity contribution in [3.63, 3.8) is 0 Å². The molecule has 0 aliphatic carbocycles. The van der Waals surface area contributed by atoms with Gasteiger partial charge in [0.25, 0.3) is 11.7 Å². The van der Waals surface area contributed by atoms with E-state index in [0.29, 0.717) is 30.6 Å². The summed E-state index contributed by atoms with van der Waals surface area (Å²) in [5.74, 6) is 1.72. The third kappa shape index (κ3) is 3.57. The number of hydrogen-bond donors (Lipinski definition) is 0. The van der Waals surface area contributed by atoms with Crippen LogP contribution in [0.15, 0.2) is 18.3 Å². The van der Waals surface area contributed by atoms with E-state index in [2.05, 4.69) is 25.0 Å². The third-order valence-electron chi connectivity index (χ3n) is 4.58. The van der Waals surface area contributed by atoms with E-state index in [1.807, 2.05) is 26.8 Å². The molecule has 1 aliphatic heterocycles. The molecular formula is C18H21N7O2. The van der Waals surface area contributed by atoms with Crippen molar-refractivity contribution in [2.75, 3.05) is 13.1 Å². The maximum Gasteiger partial charge on any atom is 0.293 e. The normalized spacial score (nSPS) is 15.3. The number of fused-ring (bicyclic) bond motifs is 1. The van der Waals surface area contributed by atoms with Crippen LogP contribution in [0, 0.1) is 20.8 Å². The number of ether oxygens (including phenoxy) is 1. The van der Waals surface area contributed by atoms with Crippen molar-refractivity contribution in [1.82, 2.24) is 34.4 Å². The first kappa shape index (κ1) is 17.3. The number of carbonyl (C=O) groups excluding carboxylic acids is 1. The fourth-order valence-corrected chi connectivity index (χ4v) is 3.25. The lowest BCUT2D eigenvalue weighted by Gasteiger charge is -2.31. The lowest BCUT2D eigenvalue weighted by molar-refractivity contribution is 0.0576. The average Bonchev–Trinajstić information content (AvgIpc) is 3.06. The summed E-state index contributed by atoms with van der Waals surface area (Å²) in [4.78, 5) is 31.5. The second kappa shape index (κ2) is 6.90. The Morgan fingerprint density at radius 2 is 1.93 bits per heavy atom. The molecule has 1 fully saturated rings. The number of likely N-dealkylation sites (tertiary alicyclic amines) is 1. The van der Waals surface area contributed by atoms with Crippen molar-refractivity contribution in [3.8, 4) is 5.88 Å². The number of aryl methyl sites for hydroxylation is 3.